The van der Waals surface area contributed by atoms with Crippen LogP contribution in [0.15, 0.2) is 12.2 Å². The predicted octanol–water partition coefficient (Wildman–Crippen LogP) is 2.95. The Kier molecular flexibility index (Phi) is 3.41. The lowest BCUT2D eigenvalue weighted by Crippen LogP contribution is -2.55. The predicted molar refractivity (Wildman–Crippen MR) is 70.1 cm³/mol. The van der Waals surface area contributed by atoms with Gasteiger partial charge in [0.25, 0.3) is 0 Å². The van der Waals surface area contributed by atoms with E-state index in [0.29, 0.717) is 18.9 Å². The van der Waals surface area contributed by atoms with E-state index in [1.807, 2.05) is 13.8 Å². The van der Waals surface area contributed by atoms with E-state index in [2.05, 4.69) is 20.4 Å². The zero-order valence-electron chi connectivity index (χ0n) is 11.9. The van der Waals surface area contributed by atoms with Crippen molar-refractivity contribution in [3.05, 3.63) is 12.2 Å². The average molecular weight is 252 g/mol. The van der Waals surface area contributed by atoms with Gasteiger partial charge in [0.2, 0.25) is 0 Å². The quantitative estimate of drug-likeness (QED) is 0.560. The molecule has 2 rings (SSSR count). The number of hydrogen-bond donors (Lipinski definition) is 0. The maximum atomic E-state index is 10.9. The molecule has 0 aromatic carbocycles. The van der Waals surface area contributed by atoms with Crippen LogP contribution in [-0.4, -0.2) is 24.8 Å². The molecular weight excluding hydrogens is 228 g/mol. The van der Waals surface area contributed by atoms with Gasteiger partial charge in [-0.05, 0) is 31.6 Å². The van der Waals surface area contributed by atoms with E-state index >= 15 is 0 Å². The molecule has 3 nitrogen and oxygen atoms in total. The third-order valence-electron chi connectivity index (χ3n) is 4.64. The summed E-state index contributed by atoms with van der Waals surface area (Å²) < 4.78 is 11.8. The lowest BCUT2D eigenvalue weighted by atomic mass is 9.58. The van der Waals surface area contributed by atoms with Gasteiger partial charge in [0.1, 0.15) is 6.29 Å². The van der Waals surface area contributed by atoms with E-state index in [1.54, 1.807) is 0 Å². The Morgan fingerprint density at radius 1 is 1.39 bits per heavy atom. The summed E-state index contributed by atoms with van der Waals surface area (Å²) in [6.07, 6.45) is 2.57. The van der Waals surface area contributed by atoms with Crippen molar-refractivity contribution in [2.75, 3.05) is 6.61 Å². The molecule has 0 radical (unpaired) electrons. The summed E-state index contributed by atoms with van der Waals surface area (Å²) in [5.74, 6) is 0.0697. The first-order valence-electron chi connectivity index (χ1n) is 6.71. The summed E-state index contributed by atoms with van der Waals surface area (Å²) in [7, 11) is 0. The first kappa shape index (κ1) is 13.8. The van der Waals surface area contributed by atoms with Gasteiger partial charge in [-0.2, -0.15) is 0 Å². The standard InChI is InChI=1S/C15H24O3/c1-10-8-13-12(9-17-15(4,5)18-13)14(2,3)11(10)6-7-16/h7,11-13H,1,6,8-9H2,2-5H3/t11-,12+,13-/m0/s1. The maximum Gasteiger partial charge on any atom is 0.163 e. The highest BCUT2D eigenvalue weighted by molar-refractivity contribution is 5.51. The first-order valence-corrected chi connectivity index (χ1v) is 6.71. The second-order valence-corrected chi connectivity index (χ2v) is 6.61. The molecule has 0 aromatic heterocycles. The molecule has 2 fully saturated rings. The number of aldehydes is 1. The molecule has 102 valence electrons. The number of ether oxygens (including phenoxy) is 2. The molecule has 3 heteroatoms. The SMILES string of the molecule is C=C1C[C@@H]2OC(C)(C)OC[C@H]2C(C)(C)[C@H]1CC=O. The zero-order chi connectivity index (χ0) is 13.6. The lowest BCUT2D eigenvalue weighted by Gasteiger charge is -2.54. The summed E-state index contributed by atoms with van der Waals surface area (Å²) in [5.41, 5.74) is 1.14. The number of rotatable bonds is 2. The lowest BCUT2D eigenvalue weighted by molar-refractivity contribution is -0.312. The second kappa shape index (κ2) is 4.46. The Bertz CT molecular complexity index is 357. The van der Waals surface area contributed by atoms with E-state index in [9.17, 15) is 4.79 Å². The van der Waals surface area contributed by atoms with E-state index < -0.39 is 5.79 Å². The molecule has 0 aromatic rings. The summed E-state index contributed by atoms with van der Waals surface area (Å²) in [5, 5.41) is 0. The molecule has 0 spiro atoms. The van der Waals surface area contributed by atoms with Crippen molar-refractivity contribution in [2.24, 2.45) is 17.3 Å². The summed E-state index contributed by atoms with van der Waals surface area (Å²) >= 11 is 0. The Morgan fingerprint density at radius 2 is 2.06 bits per heavy atom. The molecule has 0 amide bonds. The molecule has 0 unspecified atom stereocenters. The molecule has 2 aliphatic rings. The van der Waals surface area contributed by atoms with Crippen LogP contribution in [0.25, 0.3) is 0 Å². The molecule has 1 saturated heterocycles. The number of carbonyl (C=O) groups excluding carboxylic acids is 1. The molecule has 18 heavy (non-hydrogen) atoms. The van der Waals surface area contributed by atoms with Gasteiger partial charge in [0, 0.05) is 12.3 Å². The highest BCUT2D eigenvalue weighted by Crippen LogP contribution is 2.51. The van der Waals surface area contributed by atoms with Crippen LogP contribution in [0, 0.1) is 17.3 Å². The number of carbonyl (C=O) groups is 1. The largest absolute Gasteiger partial charge is 0.350 e. The van der Waals surface area contributed by atoms with Gasteiger partial charge in [-0.15, -0.1) is 0 Å². The topological polar surface area (TPSA) is 35.5 Å². The van der Waals surface area contributed by atoms with Crippen LogP contribution in [0.5, 0.6) is 0 Å². The van der Waals surface area contributed by atoms with Crippen molar-refractivity contribution >= 4 is 6.29 Å². The van der Waals surface area contributed by atoms with E-state index in [0.717, 1.165) is 18.3 Å². The van der Waals surface area contributed by atoms with Gasteiger partial charge in [0.05, 0.1) is 12.7 Å². The van der Waals surface area contributed by atoms with Crippen LogP contribution < -0.4 is 0 Å². The molecule has 1 aliphatic carbocycles. The molecule has 1 aliphatic heterocycles. The van der Waals surface area contributed by atoms with Gasteiger partial charge in [-0.25, -0.2) is 0 Å². The van der Waals surface area contributed by atoms with Gasteiger partial charge in [-0.1, -0.05) is 26.0 Å². The van der Waals surface area contributed by atoms with Crippen molar-refractivity contribution in [1.82, 2.24) is 0 Å². The van der Waals surface area contributed by atoms with Crippen molar-refractivity contribution in [3.8, 4) is 0 Å². The first-order chi connectivity index (χ1) is 8.28. The third kappa shape index (κ3) is 2.26. The van der Waals surface area contributed by atoms with E-state index in [4.69, 9.17) is 9.47 Å². The Hall–Kier alpha value is -0.670. The zero-order valence-corrected chi connectivity index (χ0v) is 11.9. The number of hydrogen-bond acceptors (Lipinski definition) is 3. The molecule has 1 heterocycles. The Balaban J connectivity index is 2.24. The van der Waals surface area contributed by atoms with Crippen LogP contribution in [0.4, 0.5) is 0 Å². The fourth-order valence-electron chi connectivity index (χ4n) is 3.51. The van der Waals surface area contributed by atoms with Crippen molar-refractivity contribution in [3.63, 3.8) is 0 Å². The van der Waals surface area contributed by atoms with Gasteiger partial charge in [0.15, 0.2) is 5.79 Å². The van der Waals surface area contributed by atoms with Gasteiger partial charge in [-0.3, -0.25) is 0 Å². The minimum absolute atomic E-state index is 0.00257. The minimum Gasteiger partial charge on any atom is -0.350 e. The molecule has 3 atom stereocenters. The third-order valence-corrected chi connectivity index (χ3v) is 4.64. The number of fused-ring (bicyclic) bond motifs is 1. The van der Waals surface area contributed by atoms with Crippen LogP contribution in [0.2, 0.25) is 0 Å². The van der Waals surface area contributed by atoms with Crippen LogP contribution >= 0.6 is 0 Å². The van der Waals surface area contributed by atoms with Crippen LogP contribution in [0.1, 0.15) is 40.5 Å². The summed E-state index contributed by atoms with van der Waals surface area (Å²) in [6.45, 7) is 13.2. The molecule has 1 saturated carbocycles. The monoisotopic (exact) mass is 252 g/mol. The molecule has 0 bridgehead atoms. The second-order valence-electron chi connectivity index (χ2n) is 6.61. The van der Waals surface area contributed by atoms with Crippen LogP contribution in [-0.2, 0) is 14.3 Å². The summed E-state index contributed by atoms with van der Waals surface area (Å²) in [4.78, 5) is 10.9. The normalized spacial score (nSPS) is 38.0. The highest BCUT2D eigenvalue weighted by Gasteiger charge is 2.51. The van der Waals surface area contributed by atoms with Crippen molar-refractivity contribution in [2.45, 2.75) is 52.4 Å². The van der Waals surface area contributed by atoms with Crippen LogP contribution in [0.3, 0.4) is 0 Å². The van der Waals surface area contributed by atoms with E-state index in [-0.39, 0.29) is 17.4 Å². The fourth-order valence-corrected chi connectivity index (χ4v) is 3.51. The highest BCUT2D eigenvalue weighted by atomic mass is 16.7. The summed E-state index contributed by atoms with van der Waals surface area (Å²) in [6, 6.07) is 0. The Morgan fingerprint density at radius 3 is 2.67 bits per heavy atom. The fraction of sp³-hybridized carbons (Fsp3) is 0.800. The smallest absolute Gasteiger partial charge is 0.163 e. The maximum absolute atomic E-state index is 10.9. The molecule has 0 N–H and O–H groups in total. The Labute approximate surface area is 110 Å². The van der Waals surface area contributed by atoms with Gasteiger partial charge >= 0.3 is 0 Å². The van der Waals surface area contributed by atoms with Gasteiger partial charge < -0.3 is 14.3 Å². The van der Waals surface area contributed by atoms with E-state index in [1.165, 1.54) is 0 Å². The molecular formula is C15H24O3. The van der Waals surface area contributed by atoms with Crippen molar-refractivity contribution in [1.29, 1.82) is 0 Å². The van der Waals surface area contributed by atoms with Crippen molar-refractivity contribution < 1.29 is 14.3 Å². The average Bonchev–Trinajstić information content (AvgIpc) is 2.22. The minimum atomic E-state index is -0.505.